The zero-order valence-electron chi connectivity index (χ0n) is 8.59. The second-order valence-electron chi connectivity index (χ2n) is 4.18. The number of aliphatic hydroxyl groups is 1. The molecule has 2 unspecified atom stereocenters. The van der Waals surface area contributed by atoms with Crippen molar-refractivity contribution in [1.82, 2.24) is 0 Å². The van der Waals surface area contributed by atoms with Crippen LogP contribution < -0.4 is 0 Å². The quantitative estimate of drug-likeness (QED) is 0.665. The van der Waals surface area contributed by atoms with Crippen molar-refractivity contribution in [2.24, 2.45) is 5.41 Å². The minimum absolute atomic E-state index is 0.266. The number of carbonyl (C=O) groups excluding carboxylic acids is 1. The normalized spacial score (nSPS) is 39.1. The van der Waals surface area contributed by atoms with Gasteiger partial charge in [-0.1, -0.05) is 0 Å². The number of ether oxygens (including phenoxy) is 1. The lowest BCUT2D eigenvalue weighted by atomic mass is 9.77. The minimum atomic E-state index is -0.904. The molecule has 0 aromatic rings. The van der Waals surface area contributed by atoms with Gasteiger partial charge >= 0.3 is 5.97 Å². The van der Waals surface area contributed by atoms with Crippen LogP contribution in [0.1, 0.15) is 40.0 Å². The molecular formula is C10H18O3. The Morgan fingerprint density at radius 1 is 1.46 bits per heavy atom. The summed E-state index contributed by atoms with van der Waals surface area (Å²) in [6.07, 6.45) is 2.30. The van der Waals surface area contributed by atoms with E-state index in [0.29, 0.717) is 13.0 Å². The van der Waals surface area contributed by atoms with Gasteiger partial charge in [0.15, 0.2) is 0 Å². The summed E-state index contributed by atoms with van der Waals surface area (Å²) in [4.78, 5) is 11.6. The summed E-state index contributed by atoms with van der Waals surface area (Å²) in [7, 11) is 0. The molecule has 76 valence electrons. The molecule has 0 spiro atoms. The van der Waals surface area contributed by atoms with Crippen molar-refractivity contribution >= 4 is 5.97 Å². The van der Waals surface area contributed by atoms with Crippen molar-refractivity contribution in [3.05, 3.63) is 0 Å². The van der Waals surface area contributed by atoms with Crippen LogP contribution in [-0.4, -0.2) is 23.3 Å². The third-order valence-electron chi connectivity index (χ3n) is 3.26. The van der Waals surface area contributed by atoms with Crippen molar-refractivity contribution < 1.29 is 14.6 Å². The molecular weight excluding hydrogens is 168 g/mol. The van der Waals surface area contributed by atoms with Crippen molar-refractivity contribution in [2.75, 3.05) is 6.61 Å². The summed E-state index contributed by atoms with van der Waals surface area (Å²) in [5, 5.41) is 10.0. The van der Waals surface area contributed by atoms with Gasteiger partial charge in [0.05, 0.1) is 17.6 Å². The molecule has 1 aliphatic rings. The van der Waals surface area contributed by atoms with Gasteiger partial charge in [-0.05, 0) is 40.0 Å². The SMILES string of the molecule is CCOC(=O)C1(C)CCCC1(C)O. The van der Waals surface area contributed by atoms with Crippen LogP contribution in [0.4, 0.5) is 0 Å². The molecule has 1 rings (SSSR count). The standard InChI is InChI=1S/C10H18O3/c1-4-13-8(11)9(2)6-5-7-10(9,3)12/h12H,4-7H2,1-3H3. The maximum Gasteiger partial charge on any atom is 0.314 e. The van der Waals surface area contributed by atoms with Gasteiger partial charge in [0.25, 0.3) is 0 Å². The van der Waals surface area contributed by atoms with E-state index in [-0.39, 0.29) is 5.97 Å². The molecule has 13 heavy (non-hydrogen) atoms. The predicted molar refractivity (Wildman–Crippen MR) is 49.2 cm³/mol. The molecule has 0 bridgehead atoms. The Kier molecular flexibility index (Phi) is 2.66. The number of hydrogen-bond acceptors (Lipinski definition) is 3. The smallest absolute Gasteiger partial charge is 0.314 e. The Bertz CT molecular complexity index is 210. The van der Waals surface area contributed by atoms with Crippen LogP contribution >= 0.6 is 0 Å². The van der Waals surface area contributed by atoms with Crippen molar-refractivity contribution in [3.63, 3.8) is 0 Å². The number of hydrogen-bond donors (Lipinski definition) is 1. The lowest BCUT2D eigenvalue weighted by molar-refractivity contribution is -0.167. The molecule has 1 fully saturated rings. The van der Waals surface area contributed by atoms with Crippen molar-refractivity contribution in [1.29, 1.82) is 0 Å². The average molecular weight is 186 g/mol. The zero-order valence-corrected chi connectivity index (χ0v) is 8.59. The monoisotopic (exact) mass is 186 g/mol. The maximum atomic E-state index is 11.6. The fourth-order valence-electron chi connectivity index (χ4n) is 1.94. The first-order valence-corrected chi connectivity index (χ1v) is 4.83. The molecule has 0 aliphatic heterocycles. The van der Waals surface area contributed by atoms with Crippen LogP contribution in [0, 0.1) is 5.41 Å². The highest BCUT2D eigenvalue weighted by molar-refractivity contribution is 5.78. The maximum absolute atomic E-state index is 11.6. The van der Waals surface area contributed by atoms with Crippen molar-refractivity contribution in [2.45, 2.75) is 45.6 Å². The summed E-state index contributed by atoms with van der Waals surface area (Å²) in [5.74, 6) is -0.266. The zero-order chi connectivity index (χ0) is 10.1. The van der Waals surface area contributed by atoms with Gasteiger partial charge < -0.3 is 9.84 Å². The third kappa shape index (κ3) is 1.57. The molecule has 0 radical (unpaired) electrons. The van der Waals surface area contributed by atoms with Gasteiger partial charge in [-0.15, -0.1) is 0 Å². The summed E-state index contributed by atoms with van der Waals surface area (Å²) in [5.41, 5.74) is -1.61. The fraction of sp³-hybridized carbons (Fsp3) is 0.900. The molecule has 0 aromatic heterocycles. The van der Waals surface area contributed by atoms with Crippen LogP contribution in [0.2, 0.25) is 0 Å². The van der Waals surface area contributed by atoms with E-state index in [0.717, 1.165) is 12.8 Å². The van der Waals surface area contributed by atoms with E-state index in [4.69, 9.17) is 4.74 Å². The topological polar surface area (TPSA) is 46.5 Å². The first-order valence-electron chi connectivity index (χ1n) is 4.83. The highest BCUT2D eigenvalue weighted by Gasteiger charge is 2.53. The molecule has 1 saturated carbocycles. The second-order valence-corrected chi connectivity index (χ2v) is 4.18. The van der Waals surface area contributed by atoms with Crippen molar-refractivity contribution in [3.8, 4) is 0 Å². The largest absolute Gasteiger partial charge is 0.465 e. The van der Waals surface area contributed by atoms with Gasteiger partial charge in [0, 0.05) is 0 Å². The minimum Gasteiger partial charge on any atom is -0.465 e. The molecule has 3 nitrogen and oxygen atoms in total. The van der Waals surface area contributed by atoms with Crippen LogP contribution in [0.3, 0.4) is 0 Å². The fourth-order valence-corrected chi connectivity index (χ4v) is 1.94. The van der Waals surface area contributed by atoms with Crippen LogP contribution in [0.25, 0.3) is 0 Å². The van der Waals surface area contributed by atoms with Gasteiger partial charge in [-0.3, -0.25) is 4.79 Å². The van der Waals surface area contributed by atoms with E-state index in [1.807, 2.05) is 0 Å². The molecule has 1 aliphatic carbocycles. The second kappa shape index (κ2) is 3.29. The Balaban J connectivity index is 2.80. The van der Waals surface area contributed by atoms with Gasteiger partial charge in [0.1, 0.15) is 0 Å². The Morgan fingerprint density at radius 2 is 2.08 bits per heavy atom. The summed E-state index contributed by atoms with van der Waals surface area (Å²) < 4.78 is 4.97. The Hall–Kier alpha value is -0.570. The van der Waals surface area contributed by atoms with E-state index in [1.54, 1.807) is 20.8 Å². The summed E-state index contributed by atoms with van der Waals surface area (Å²) in [6.45, 7) is 5.67. The van der Waals surface area contributed by atoms with Crippen LogP contribution in [-0.2, 0) is 9.53 Å². The van der Waals surface area contributed by atoms with E-state index in [1.165, 1.54) is 0 Å². The third-order valence-corrected chi connectivity index (χ3v) is 3.26. The molecule has 0 amide bonds. The Labute approximate surface area is 79.1 Å². The lowest BCUT2D eigenvalue weighted by Gasteiger charge is -2.34. The molecule has 0 aromatic carbocycles. The Morgan fingerprint density at radius 3 is 2.46 bits per heavy atom. The summed E-state index contributed by atoms with van der Waals surface area (Å²) in [6, 6.07) is 0. The summed E-state index contributed by atoms with van der Waals surface area (Å²) >= 11 is 0. The van der Waals surface area contributed by atoms with Gasteiger partial charge in [0.2, 0.25) is 0 Å². The van der Waals surface area contributed by atoms with Gasteiger partial charge in [-0.25, -0.2) is 0 Å². The van der Waals surface area contributed by atoms with Crippen LogP contribution in [0.15, 0.2) is 0 Å². The lowest BCUT2D eigenvalue weighted by Crippen LogP contribution is -2.45. The molecule has 0 saturated heterocycles. The highest BCUT2D eigenvalue weighted by Crippen LogP contribution is 2.46. The van der Waals surface area contributed by atoms with E-state index >= 15 is 0 Å². The van der Waals surface area contributed by atoms with Crippen LogP contribution in [0.5, 0.6) is 0 Å². The molecule has 0 heterocycles. The van der Waals surface area contributed by atoms with Gasteiger partial charge in [-0.2, -0.15) is 0 Å². The first-order chi connectivity index (χ1) is 5.94. The van der Waals surface area contributed by atoms with E-state index < -0.39 is 11.0 Å². The predicted octanol–water partition coefficient (Wildman–Crippen LogP) is 1.49. The number of esters is 1. The molecule has 3 heteroatoms. The van der Waals surface area contributed by atoms with E-state index in [9.17, 15) is 9.90 Å². The average Bonchev–Trinajstić information content (AvgIpc) is 2.28. The first kappa shape index (κ1) is 10.5. The van der Waals surface area contributed by atoms with E-state index in [2.05, 4.69) is 0 Å². The molecule has 1 N–H and O–H groups in total. The number of rotatable bonds is 2. The highest BCUT2D eigenvalue weighted by atomic mass is 16.5. The molecule has 2 atom stereocenters. The number of carbonyl (C=O) groups is 1.